The van der Waals surface area contributed by atoms with Crippen LogP contribution in [0.3, 0.4) is 0 Å². The van der Waals surface area contributed by atoms with Crippen LogP contribution in [0.2, 0.25) is 10.0 Å². The number of nitrogens with one attached hydrogen (secondary N) is 1. The summed E-state index contributed by atoms with van der Waals surface area (Å²) in [6.45, 7) is 0.697. The fraction of sp³-hybridized carbons (Fsp3) is 0.250. The summed E-state index contributed by atoms with van der Waals surface area (Å²) < 4.78 is 12.7. The minimum atomic E-state index is 0.0248. The number of amides is 1. The SMILES string of the molecule is O=C(CCCCSc1nnc(Cc2ccccc2)n1-c1ccc(Cl)c(Cl)c1)NCc1ccc2c(c1)OCO2. The molecule has 1 aliphatic rings. The standard InChI is InChI=1S/C28H26Cl2N4O3S/c29-22-11-10-21(16-23(22)30)34-26(15-19-6-2-1-3-7-19)32-33-28(34)38-13-5-4-8-27(35)31-17-20-9-12-24-25(14-20)37-18-36-24/h1-3,6-7,9-12,14,16H,4-5,8,13,15,17-18H2,(H,31,35). The second-order valence-corrected chi connectivity index (χ2v) is 10.6. The van der Waals surface area contributed by atoms with Gasteiger partial charge in [-0.05, 0) is 54.3 Å². The van der Waals surface area contributed by atoms with E-state index < -0.39 is 0 Å². The average molecular weight is 570 g/mol. The summed E-state index contributed by atoms with van der Waals surface area (Å²) in [6, 6.07) is 21.4. The van der Waals surface area contributed by atoms with Gasteiger partial charge in [0.25, 0.3) is 0 Å². The monoisotopic (exact) mass is 568 g/mol. The van der Waals surface area contributed by atoms with Gasteiger partial charge in [0, 0.05) is 25.1 Å². The van der Waals surface area contributed by atoms with Gasteiger partial charge < -0.3 is 14.8 Å². The predicted molar refractivity (Wildman–Crippen MR) is 150 cm³/mol. The molecule has 0 bridgehead atoms. The molecule has 2 heterocycles. The maximum Gasteiger partial charge on any atom is 0.231 e. The van der Waals surface area contributed by atoms with Crippen molar-refractivity contribution in [2.24, 2.45) is 0 Å². The number of aromatic nitrogens is 3. The summed E-state index contributed by atoms with van der Waals surface area (Å²) in [6.07, 6.45) is 2.74. The van der Waals surface area contributed by atoms with Crippen LogP contribution in [0.25, 0.3) is 5.69 Å². The van der Waals surface area contributed by atoms with Crippen LogP contribution >= 0.6 is 35.0 Å². The molecule has 7 nitrogen and oxygen atoms in total. The third kappa shape index (κ3) is 6.62. The van der Waals surface area contributed by atoms with E-state index in [2.05, 4.69) is 27.6 Å². The number of halogens is 2. The lowest BCUT2D eigenvalue weighted by atomic mass is 10.1. The highest BCUT2D eigenvalue weighted by molar-refractivity contribution is 7.99. The first-order valence-electron chi connectivity index (χ1n) is 12.3. The second kappa shape index (κ2) is 12.6. The zero-order valence-corrected chi connectivity index (χ0v) is 22.9. The van der Waals surface area contributed by atoms with Gasteiger partial charge in [-0.1, -0.05) is 71.4 Å². The van der Waals surface area contributed by atoms with Crippen molar-refractivity contribution in [2.45, 2.75) is 37.4 Å². The normalized spacial score (nSPS) is 12.1. The van der Waals surface area contributed by atoms with Crippen LogP contribution in [0.5, 0.6) is 11.5 Å². The molecule has 38 heavy (non-hydrogen) atoms. The van der Waals surface area contributed by atoms with E-state index in [9.17, 15) is 4.79 Å². The first-order valence-corrected chi connectivity index (χ1v) is 14.0. The summed E-state index contributed by atoms with van der Waals surface area (Å²) >= 11 is 14.1. The Kier molecular flexibility index (Phi) is 8.73. The van der Waals surface area contributed by atoms with Crippen LogP contribution in [0.4, 0.5) is 0 Å². The fourth-order valence-electron chi connectivity index (χ4n) is 4.06. The summed E-state index contributed by atoms with van der Waals surface area (Å²) in [4.78, 5) is 12.3. The van der Waals surface area contributed by atoms with Gasteiger partial charge in [-0.15, -0.1) is 10.2 Å². The number of thioether (sulfide) groups is 1. The number of nitrogens with zero attached hydrogens (tertiary/aromatic N) is 3. The van der Waals surface area contributed by atoms with E-state index >= 15 is 0 Å². The molecule has 1 N–H and O–H groups in total. The molecule has 196 valence electrons. The Morgan fingerprint density at radius 1 is 0.921 bits per heavy atom. The molecule has 0 spiro atoms. The Morgan fingerprint density at radius 2 is 1.76 bits per heavy atom. The lowest BCUT2D eigenvalue weighted by molar-refractivity contribution is -0.121. The minimum absolute atomic E-state index is 0.0248. The Bertz CT molecular complexity index is 1410. The molecule has 1 amide bonds. The lowest BCUT2D eigenvalue weighted by Crippen LogP contribution is -2.22. The molecule has 1 aliphatic heterocycles. The molecule has 0 unspecified atom stereocenters. The molecule has 3 aromatic carbocycles. The van der Waals surface area contributed by atoms with Crippen LogP contribution < -0.4 is 14.8 Å². The largest absolute Gasteiger partial charge is 0.454 e. The van der Waals surface area contributed by atoms with Crippen molar-refractivity contribution in [3.05, 3.63) is 93.7 Å². The molecule has 0 aliphatic carbocycles. The molecule has 0 radical (unpaired) electrons. The van der Waals surface area contributed by atoms with Crippen molar-refractivity contribution < 1.29 is 14.3 Å². The Hall–Kier alpha value is -3.20. The second-order valence-electron chi connectivity index (χ2n) is 8.76. The van der Waals surface area contributed by atoms with E-state index in [4.69, 9.17) is 32.7 Å². The van der Waals surface area contributed by atoms with Crippen LogP contribution in [-0.4, -0.2) is 33.2 Å². The van der Waals surface area contributed by atoms with E-state index in [0.717, 1.165) is 57.9 Å². The Balaban J connectivity index is 1.15. The van der Waals surface area contributed by atoms with Crippen LogP contribution in [0.15, 0.2) is 71.9 Å². The number of ether oxygens (including phenoxy) is 2. The van der Waals surface area contributed by atoms with Gasteiger partial charge in [-0.3, -0.25) is 9.36 Å². The number of fused-ring (bicyclic) bond motifs is 1. The number of carbonyl (C=O) groups is 1. The number of carbonyl (C=O) groups excluding carboxylic acids is 1. The van der Waals surface area contributed by atoms with Gasteiger partial charge >= 0.3 is 0 Å². The van der Waals surface area contributed by atoms with Gasteiger partial charge in [-0.2, -0.15) is 0 Å². The third-order valence-electron chi connectivity index (χ3n) is 6.02. The van der Waals surface area contributed by atoms with Gasteiger partial charge in [-0.25, -0.2) is 0 Å². The zero-order chi connectivity index (χ0) is 26.3. The van der Waals surface area contributed by atoms with Crippen molar-refractivity contribution in [3.8, 4) is 17.2 Å². The van der Waals surface area contributed by atoms with E-state index in [1.54, 1.807) is 17.8 Å². The molecular formula is C28H26Cl2N4O3S. The molecular weight excluding hydrogens is 543 g/mol. The van der Waals surface area contributed by atoms with Crippen LogP contribution in [0, 0.1) is 0 Å². The van der Waals surface area contributed by atoms with Crippen LogP contribution in [-0.2, 0) is 17.8 Å². The molecule has 0 atom stereocenters. The van der Waals surface area contributed by atoms with Gasteiger partial charge in [0.15, 0.2) is 16.7 Å². The number of rotatable bonds is 11. The molecule has 10 heteroatoms. The van der Waals surface area contributed by atoms with Crippen molar-refractivity contribution in [3.63, 3.8) is 0 Å². The van der Waals surface area contributed by atoms with Crippen LogP contribution in [0.1, 0.15) is 36.2 Å². The third-order valence-corrected chi connectivity index (χ3v) is 7.78. The van der Waals surface area contributed by atoms with Crippen molar-refractivity contribution in [1.29, 1.82) is 0 Å². The predicted octanol–water partition coefficient (Wildman–Crippen LogP) is 6.47. The van der Waals surface area contributed by atoms with Crippen molar-refractivity contribution >= 4 is 40.9 Å². The smallest absolute Gasteiger partial charge is 0.231 e. The molecule has 5 rings (SSSR count). The van der Waals surface area contributed by atoms with E-state index in [-0.39, 0.29) is 12.7 Å². The van der Waals surface area contributed by atoms with E-state index in [0.29, 0.717) is 29.4 Å². The van der Waals surface area contributed by atoms with Gasteiger partial charge in [0.05, 0.1) is 15.7 Å². The summed E-state index contributed by atoms with van der Waals surface area (Å²) in [5.74, 6) is 3.10. The first-order chi connectivity index (χ1) is 18.6. The lowest BCUT2D eigenvalue weighted by Gasteiger charge is -2.11. The van der Waals surface area contributed by atoms with Gasteiger partial charge in [0.2, 0.25) is 12.7 Å². The molecule has 4 aromatic rings. The average Bonchev–Trinajstić information content (AvgIpc) is 3.56. The molecule has 1 aromatic heterocycles. The van der Waals surface area contributed by atoms with Crippen molar-refractivity contribution in [2.75, 3.05) is 12.5 Å². The zero-order valence-electron chi connectivity index (χ0n) is 20.5. The first kappa shape index (κ1) is 26.4. The van der Waals surface area contributed by atoms with E-state index in [1.165, 1.54) is 0 Å². The number of hydrogen-bond acceptors (Lipinski definition) is 6. The van der Waals surface area contributed by atoms with Gasteiger partial charge in [0.1, 0.15) is 5.82 Å². The van der Waals surface area contributed by atoms with Crippen molar-refractivity contribution in [1.82, 2.24) is 20.1 Å². The highest BCUT2D eigenvalue weighted by Crippen LogP contribution is 2.32. The maximum atomic E-state index is 12.3. The number of unbranched alkanes of at least 4 members (excludes halogenated alkanes) is 1. The summed E-state index contributed by atoms with van der Waals surface area (Å²) in [5, 5.41) is 13.7. The molecule has 0 fully saturated rings. The fourth-order valence-corrected chi connectivity index (χ4v) is 5.32. The topological polar surface area (TPSA) is 78.3 Å². The summed E-state index contributed by atoms with van der Waals surface area (Å²) in [5.41, 5.74) is 2.98. The number of benzene rings is 3. The molecule has 0 saturated carbocycles. The Morgan fingerprint density at radius 3 is 2.61 bits per heavy atom. The Labute approximate surface area is 235 Å². The van der Waals surface area contributed by atoms with E-state index in [1.807, 2.05) is 53.1 Å². The highest BCUT2D eigenvalue weighted by Gasteiger charge is 2.17. The minimum Gasteiger partial charge on any atom is -0.454 e. The summed E-state index contributed by atoms with van der Waals surface area (Å²) in [7, 11) is 0. The quantitative estimate of drug-likeness (QED) is 0.165. The number of hydrogen-bond donors (Lipinski definition) is 1. The highest BCUT2D eigenvalue weighted by atomic mass is 35.5. The molecule has 0 saturated heterocycles. The maximum absolute atomic E-state index is 12.3.